The summed E-state index contributed by atoms with van der Waals surface area (Å²) < 4.78 is 4.77. The molecule has 1 saturated carbocycles. The smallest absolute Gasteiger partial charge is 0.337 e. The number of alkyl halides is 1. The van der Waals surface area contributed by atoms with Crippen molar-refractivity contribution in [2.45, 2.75) is 24.2 Å². The molecule has 1 fully saturated rings. The Balaban J connectivity index is 2.41. The Morgan fingerprint density at radius 1 is 1.64 bits per heavy atom. The molecule has 14 heavy (non-hydrogen) atoms. The number of allylic oxidation sites excluding steroid dienone is 2. The third kappa shape index (κ3) is 1.47. The summed E-state index contributed by atoms with van der Waals surface area (Å²) in [7, 11) is 1.42. The highest BCUT2D eigenvalue weighted by Crippen LogP contribution is 2.37. The Hall–Kier alpha value is -0.770. The van der Waals surface area contributed by atoms with Gasteiger partial charge in [0, 0.05) is 6.20 Å². The molecule has 1 aliphatic heterocycles. The van der Waals surface area contributed by atoms with Gasteiger partial charge in [0.1, 0.15) is 4.95 Å². The fourth-order valence-corrected chi connectivity index (χ4v) is 2.58. The second-order valence-corrected chi connectivity index (χ2v) is 4.35. The lowest BCUT2D eigenvalue weighted by atomic mass is 10.0. The van der Waals surface area contributed by atoms with Crippen LogP contribution in [0.25, 0.3) is 0 Å². The van der Waals surface area contributed by atoms with E-state index in [-0.39, 0.29) is 10.9 Å². The van der Waals surface area contributed by atoms with E-state index in [0.717, 1.165) is 30.4 Å². The highest BCUT2D eigenvalue weighted by atomic mass is 79.9. The van der Waals surface area contributed by atoms with Crippen LogP contribution in [0.5, 0.6) is 0 Å². The molecule has 76 valence electrons. The number of carbonyl (C=O) groups is 1. The van der Waals surface area contributed by atoms with Crippen molar-refractivity contribution in [3.8, 4) is 0 Å². The van der Waals surface area contributed by atoms with Crippen LogP contribution >= 0.6 is 15.9 Å². The molecule has 3 nitrogen and oxygen atoms in total. The first-order chi connectivity index (χ1) is 6.74. The van der Waals surface area contributed by atoms with E-state index in [2.05, 4.69) is 21.2 Å². The number of fused-ring (bicyclic) bond motifs is 1. The number of ether oxygens (including phenoxy) is 1. The number of carbonyl (C=O) groups excluding carboxylic acids is 1. The van der Waals surface area contributed by atoms with Crippen LogP contribution in [0.15, 0.2) is 22.9 Å². The van der Waals surface area contributed by atoms with Gasteiger partial charge < -0.3 is 10.1 Å². The summed E-state index contributed by atoms with van der Waals surface area (Å²) in [5, 5.41) is 3.11. The van der Waals surface area contributed by atoms with Gasteiger partial charge in [-0.25, -0.2) is 4.79 Å². The number of methoxy groups -OCH3 is 1. The molecule has 1 unspecified atom stereocenters. The minimum absolute atomic E-state index is 0.105. The third-order valence-corrected chi connectivity index (χ3v) is 3.37. The van der Waals surface area contributed by atoms with Crippen molar-refractivity contribution < 1.29 is 9.53 Å². The van der Waals surface area contributed by atoms with Crippen LogP contribution in [0.3, 0.4) is 0 Å². The van der Waals surface area contributed by atoms with E-state index in [9.17, 15) is 4.79 Å². The summed E-state index contributed by atoms with van der Waals surface area (Å²) in [6, 6.07) is 0. The van der Waals surface area contributed by atoms with E-state index in [1.54, 1.807) is 0 Å². The van der Waals surface area contributed by atoms with Crippen molar-refractivity contribution in [1.29, 1.82) is 0 Å². The van der Waals surface area contributed by atoms with Crippen LogP contribution in [0.4, 0.5) is 0 Å². The molecule has 0 aromatic rings. The Morgan fingerprint density at radius 3 is 3.14 bits per heavy atom. The molecule has 1 atom stereocenters. The molecule has 4 heteroatoms. The lowest BCUT2D eigenvalue weighted by Gasteiger charge is -2.21. The van der Waals surface area contributed by atoms with Gasteiger partial charge in [-0.05, 0) is 30.4 Å². The predicted octanol–water partition coefficient (Wildman–Crippen LogP) is 1.85. The number of hydrogen-bond acceptors (Lipinski definition) is 3. The average molecular weight is 258 g/mol. The molecular formula is C10H12BrNO2. The minimum Gasteiger partial charge on any atom is -0.466 e. The molecule has 0 saturated heterocycles. The highest BCUT2D eigenvalue weighted by molar-refractivity contribution is 9.09. The normalized spacial score (nSPS) is 25.3. The van der Waals surface area contributed by atoms with Crippen LogP contribution < -0.4 is 5.32 Å². The Bertz CT molecular complexity index is 333. The second kappa shape index (κ2) is 3.77. The van der Waals surface area contributed by atoms with Crippen LogP contribution in [0, 0.1) is 0 Å². The SMILES string of the molecule is COC(=O)C1=C2CCCC2=CNC1Br. The van der Waals surface area contributed by atoms with Crippen molar-refractivity contribution in [3.63, 3.8) is 0 Å². The topological polar surface area (TPSA) is 38.3 Å². The fraction of sp³-hybridized carbons (Fsp3) is 0.500. The number of rotatable bonds is 1. The number of dihydropyridines is 1. The van der Waals surface area contributed by atoms with E-state index < -0.39 is 0 Å². The number of halogens is 1. The maximum atomic E-state index is 11.5. The van der Waals surface area contributed by atoms with E-state index in [1.807, 2.05) is 6.20 Å². The lowest BCUT2D eigenvalue weighted by Crippen LogP contribution is -2.30. The van der Waals surface area contributed by atoms with Crippen molar-refractivity contribution in [3.05, 3.63) is 22.9 Å². The monoisotopic (exact) mass is 257 g/mol. The van der Waals surface area contributed by atoms with Gasteiger partial charge in [-0.3, -0.25) is 0 Å². The molecule has 0 spiro atoms. The summed E-state index contributed by atoms with van der Waals surface area (Å²) in [5.41, 5.74) is 3.15. The summed E-state index contributed by atoms with van der Waals surface area (Å²) in [6.45, 7) is 0. The maximum Gasteiger partial charge on any atom is 0.337 e. The zero-order valence-electron chi connectivity index (χ0n) is 7.97. The van der Waals surface area contributed by atoms with Crippen molar-refractivity contribution >= 4 is 21.9 Å². The first kappa shape index (κ1) is 9.77. The van der Waals surface area contributed by atoms with Gasteiger partial charge >= 0.3 is 5.97 Å². The number of nitrogens with one attached hydrogen (secondary N) is 1. The molecule has 2 aliphatic rings. The van der Waals surface area contributed by atoms with Gasteiger partial charge in [0.15, 0.2) is 0 Å². The standard InChI is InChI=1S/C10H12BrNO2/c1-14-10(13)8-7-4-2-3-6(7)5-12-9(8)11/h5,9,12H,2-4H2,1H3. The van der Waals surface area contributed by atoms with Gasteiger partial charge in [0.2, 0.25) is 0 Å². The van der Waals surface area contributed by atoms with Crippen LogP contribution in [-0.2, 0) is 9.53 Å². The fourth-order valence-electron chi connectivity index (χ4n) is 1.98. The quantitative estimate of drug-likeness (QED) is 0.443. The summed E-state index contributed by atoms with van der Waals surface area (Å²) >= 11 is 3.42. The van der Waals surface area contributed by atoms with Gasteiger partial charge in [-0.1, -0.05) is 15.9 Å². The Labute approximate surface area is 91.3 Å². The zero-order valence-corrected chi connectivity index (χ0v) is 9.56. The van der Waals surface area contributed by atoms with Gasteiger partial charge in [-0.2, -0.15) is 0 Å². The van der Waals surface area contributed by atoms with Gasteiger partial charge in [0.05, 0.1) is 12.7 Å². The summed E-state index contributed by atoms with van der Waals surface area (Å²) in [4.78, 5) is 11.4. The molecule has 0 amide bonds. The molecule has 1 N–H and O–H groups in total. The van der Waals surface area contributed by atoms with Crippen molar-refractivity contribution in [2.24, 2.45) is 0 Å². The van der Waals surface area contributed by atoms with Gasteiger partial charge in [0.25, 0.3) is 0 Å². The van der Waals surface area contributed by atoms with Crippen LogP contribution in [0.2, 0.25) is 0 Å². The third-order valence-electron chi connectivity index (χ3n) is 2.65. The molecule has 2 rings (SSSR count). The molecule has 0 aromatic heterocycles. The number of hydrogen-bond donors (Lipinski definition) is 1. The summed E-state index contributed by atoms with van der Waals surface area (Å²) in [5.74, 6) is -0.234. The van der Waals surface area contributed by atoms with E-state index in [1.165, 1.54) is 12.7 Å². The van der Waals surface area contributed by atoms with E-state index in [0.29, 0.717) is 0 Å². The Morgan fingerprint density at radius 2 is 2.43 bits per heavy atom. The van der Waals surface area contributed by atoms with Crippen LogP contribution in [0.1, 0.15) is 19.3 Å². The summed E-state index contributed by atoms with van der Waals surface area (Å²) in [6.07, 6.45) is 5.17. The van der Waals surface area contributed by atoms with E-state index in [4.69, 9.17) is 4.74 Å². The minimum atomic E-state index is -0.234. The van der Waals surface area contributed by atoms with E-state index >= 15 is 0 Å². The lowest BCUT2D eigenvalue weighted by molar-refractivity contribution is -0.136. The van der Waals surface area contributed by atoms with Crippen molar-refractivity contribution in [1.82, 2.24) is 5.32 Å². The first-order valence-electron chi connectivity index (χ1n) is 4.65. The molecule has 1 aliphatic carbocycles. The largest absolute Gasteiger partial charge is 0.466 e. The highest BCUT2D eigenvalue weighted by Gasteiger charge is 2.30. The van der Waals surface area contributed by atoms with Crippen molar-refractivity contribution in [2.75, 3.05) is 7.11 Å². The molecular weight excluding hydrogens is 246 g/mol. The zero-order chi connectivity index (χ0) is 10.1. The Kier molecular flexibility index (Phi) is 2.63. The first-order valence-corrected chi connectivity index (χ1v) is 5.56. The molecule has 0 bridgehead atoms. The molecule has 0 aromatic carbocycles. The van der Waals surface area contributed by atoms with Gasteiger partial charge in [-0.15, -0.1) is 0 Å². The average Bonchev–Trinajstić information content (AvgIpc) is 2.64. The predicted molar refractivity (Wildman–Crippen MR) is 56.8 cm³/mol. The maximum absolute atomic E-state index is 11.5. The van der Waals surface area contributed by atoms with Crippen LogP contribution in [-0.4, -0.2) is 18.0 Å². The molecule has 0 radical (unpaired) electrons. The number of esters is 1. The molecule has 1 heterocycles. The second-order valence-electron chi connectivity index (χ2n) is 3.44.